The fraction of sp³-hybridized carbons (Fsp3) is 0.143. The van der Waals surface area contributed by atoms with Crippen LogP contribution < -0.4 is 4.74 Å². The van der Waals surface area contributed by atoms with Crippen LogP contribution in [0.1, 0.15) is 0 Å². The molecule has 0 radical (unpaired) electrons. The predicted molar refractivity (Wildman–Crippen MR) is 39.6 cm³/mol. The minimum Gasteiger partial charge on any atom is -0.431 e. The molecule has 8 heteroatoms. The minimum absolute atomic E-state index is 0.271. The molecule has 4 nitrogen and oxygen atoms in total. The van der Waals surface area contributed by atoms with Crippen LogP contribution >= 0.6 is 0 Å². The maximum atomic E-state index is 13.0. The normalized spacial score (nSPS) is 10.5. The van der Waals surface area contributed by atoms with Gasteiger partial charge < -0.3 is 4.74 Å². The van der Waals surface area contributed by atoms with Crippen molar-refractivity contribution in [2.45, 2.75) is 6.61 Å². The standard InChI is InChI=1S/C7H3F4NO3/c8-3-1-4(12(13)14)6(9)5(2-3)15-7(10)11/h1-2,7H. The Bertz CT molecular complexity index is 396. The van der Waals surface area contributed by atoms with E-state index in [0.29, 0.717) is 6.07 Å². The second-order valence-electron chi connectivity index (χ2n) is 2.37. The zero-order valence-electron chi connectivity index (χ0n) is 6.92. The molecule has 0 amide bonds. The molecule has 0 fully saturated rings. The van der Waals surface area contributed by atoms with E-state index in [4.69, 9.17) is 0 Å². The van der Waals surface area contributed by atoms with Crippen LogP contribution in [0.2, 0.25) is 0 Å². The summed E-state index contributed by atoms with van der Waals surface area (Å²) in [4.78, 5) is 8.93. The molecule has 0 saturated heterocycles. The van der Waals surface area contributed by atoms with Crippen LogP contribution in [-0.2, 0) is 0 Å². The van der Waals surface area contributed by atoms with Crippen molar-refractivity contribution in [1.82, 2.24) is 0 Å². The van der Waals surface area contributed by atoms with Gasteiger partial charge in [0.2, 0.25) is 5.82 Å². The molecule has 1 aromatic rings. The largest absolute Gasteiger partial charge is 0.431 e. The van der Waals surface area contributed by atoms with E-state index in [-0.39, 0.29) is 6.07 Å². The molecule has 0 bridgehead atoms. The summed E-state index contributed by atoms with van der Waals surface area (Å²) in [6.07, 6.45) is 0. The highest BCUT2D eigenvalue weighted by molar-refractivity contribution is 5.41. The highest BCUT2D eigenvalue weighted by atomic mass is 19.3. The number of rotatable bonds is 3. The number of hydrogen-bond acceptors (Lipinski definition) is 3. The van der Waals surface area contributed by atoms with Crippen LogP contribution in [0.4, 0.5) is 23.2 Å². The molecular formula is C7H3F4NO3. The zero-order valence-corrected chi connectivity index (χ0v) is 6.92. The van der Waals surface area contributed by atoms with E-state index in [1.54, 1.807) is 0 Å². The van der Waals surface area contributed by atoms with Crippen molar-refractivity contribution in [2.75, 3.05) is 0 Å². The van der Waals surface area contributed by atoms with Gasteiger partial charge in [-0.25, -0.2) is 4.39 Å². The number of benzene rings is 1. The molecule has 0 unspecified atom stereocenters. The Morgan fingerprint density at radius 3 is 2.40 bits per heavy atom. The summed E-state index contributed by atoms with van der Waals surface area (Å²) >= 11 is 0. The quantitative estimate of drug-likeness (QED) is 0.451. The van der Waals surface area contributed by atoms with Crippen molar-refractivity contribution in [3.8, 4) is 5.75 Å². The van der Waals surface area contributed by atoms with Crippen LogP contribution in [0.3, 0.4) is 0 Å². The minimum atomic E-state index is -3.39. The highest BCUT2D eigenvalue weighted by Gasteiger charge is 2.22. The number of hydrogen-bond donors (Lipinski definition) is 0. The maximum absolute atomic E-state index is 13.0. The first kappa shape index (κ1) is 11.2. The molecule has 0 aliphatic rings. The number of alkyl halides is 2. The molecular weight excluding hydrogens is 222 g/mol. The van der Waals surface area contributed by atoms with Crippen LogP contribution in [0.25, 0.3) is 0 Å². The van der Waals surface area contributed by atoms with Gasteiger partial charge in [-0.15, -0.1) is 0 Å². The van der Waals surface area contributed by atoms with Crippen LogP contribution in [0.5, 0.6) is 5.75 Å². The summed E-state index contributed by atoms with van der Waals surface area (Å²) in [6, 6.07) is 0.572. The molecule has 0 N–H and O–H groups in total. The van der Waals surface area contributed by atoms with Gasteiger partial charge in [0.15, 0.2) is 5.75 Å². The Balaban J connectivity index is 3.22. The molecule has 1 rings (SSSR count). The third-order valence-corrected chi connectivity index (χ3v) is 1.40. The molecule has 82 valence electrons. The predicted octanol–water partition coefficient (Wildman–Crippen LogP) is 2.47. The summed E-state index contributed by atoms with van der Waals surface area (Å²) in [5.74, 6) is -4.07. The highest BCUT2D eigenvalue weighted by Crippen LogP contribution is 2.28. The fourth-order valence-corrected chi connectivity index (χ4v) is 0.865. The molecule has 1 aromatic carbocycles. The van der Waals surface area contributed by atoms with Gasteiger partial charge >= 0.3 is 12.3 Å². The smallest absolute Gasteiger partial charge is 0.387 e. The van der Waals surface area contributed by atoms with E-state index >= 15 is 0 Å². The number of nitro groups is 1. The lowest BCUT2D eigenvalue weighted by molar-refractivity contribution is -0.387. The molecule has 0 aromatic heterocycles. The topological polar surface area (TPSA) is 52.4 Å². The molecule has 0 heterocycles. The summed E-state index contributed by atoms with van der Waals surface area (Å²) < 4.78 is 52.6. The van der Waals surface area contributed by atoms with Crippen molar-refractivity contribution >= 4 is 5.69 Å². The van der Waals surface area contributed by atoms with Crippen molar-refractivity contribution in [1.29, 1.82) is 0 Å². The molecule has 0 atom stereocenters. The summed E-state index contributed by atoms with van der Waals surface area (Å²) in [6.45, 7) is -3.39. The van der Waals surface area contributed by atoms with E-state index in [1.807, 2.05) is 0 Å². The summed E-state index contributed by atoms with van der Waals surface area (Å²) in [5.41, 5.74) is -1.26. The monoisotopic (exact) mass is 225 g/mol. The van der Waals surface area contributed by atoms with Crippen LogP contribution in [-0.4, -0.2) is 11.5 Å². The van der Waals surface area contributed by atoms with E-state index < -0.39 is 34.6 Å². The third-order valence-electron chi connectivity index (χ3n) is 1.40. The number of nitro benzene ring substituents is 1. The SMILES string of the molecule is O=[N+]([O-])c1cc(F)cc(OC(F)F)c1F. The third kappa shape index (κ3) is 2.55. The lowest BCUT2D eigenvalue weighted by atomic mass is 10.3. The van der Waals surface area contributed by atoms with Crippen molar-refractivity contribution in [2.24, 2.45) is 0 Å². The van der Waals surface area contributed by atoms with E-state index in [1.165, 1.54) is 0 Å². The van der Waals surface area contributed by atoms with Crippen molar-refractivity contribution < 1.29 is 27.2 Å². The van der Waals surface area contributed by atoms with E-state index in [9.17, 15) is 27.7 Å². The van der Waals surface area contributed by atoms with Gasteiger partial charge in [-0.1, -0.05) is 0 Å². The first-order chi connectivity index (χ1) is 6.91. The average Bonchev–Trinajstić information content (AvgIpc) is 2.09. The molecule has 0 spiro atoms. The molecule has 15 heavy (non-hydrogen) atoms. The average molecular weight is 225 g/mol. The lowest BCUT2D eigenvalue weighted by Gasteiger charge is -2.05. The molecule has 0 aliphatic heterocycles. The second-order valence-corrected chi connectivity index (χ2v) is 2.37. The van der Waals surface area contributed by atoms with Gasteiger partial charge in [0.1, 0.15) is 5.82 Å². The number of nitrogens with zero attached hydrogens (tertiary/aromatic N) is 1. The van der Waals surface area contributed by atoms with Gasteiger partial charge in [-0.05, 0) is 0 Å². The lowest BCUT2D eigenvalue weighted by Crippen LogP contribution is -2.05. The Kier molecular flexibility index (Phi) is 3.08. The zero-order chi connectivity index (χ0) is 11.6. The number of ether oxygens (including phenoxy) is 1. The Labute approximate surface area is 80.2 Å². The van der Waals surface area contributed by atoms with Crippen molar-refractivity contribution in [3.63, 3.8) is 0 Å². The first-order valence-electron chi connectivity index (χ1n) is 3.50. The second kappa shape index (κ2) is 4.11. The summed E-state index contributed by atoms with van der Waals surface area (Å²) in [7, 11) is 0. The number of halogens is 4. The fourth-order valence-electron chi connectivity index (χ4n) is 0.865. The Morgan fingerprint density at radius 2 is 1.93 bits per heavy atom. The maximum Gasteiger partial charge on any atom is 0.387 e. The van der Waals surface area contributed by atoms with Crippen LogP contribution in [0, 0.1) is 21.7 Å². The van der Waals surface area contributed by atoms with Gasteiger partial charge in [0, 0.05) is 6.07 Å². The molecule has 0 saturated carbocycles. The summed E-state index contributed by atoms with van der Waals surface area (Å²) in [5, 5.41) is 10.2. The van der Waals surface area contributed by atoms with E-state index in [2.05, 4.69) is 4.74 Å². The van der Waals surface area contributed by atoms with E-state index in [0.717, 1.165) is 0 Å². The Hall–Kier alpha value is -1.86. The van der Waals surface area contributed by atoms with Gasteiger partial charge in [0.25, 0.3) is 0 Å². The van der Waals surface area contributed by atoms with Crippen LogP contribution in [0.15, 0.2) is 12.1 Å². The Morgan fingerprint density at radius 1 is 1.33 bits per heavy atom. The van der Waals surface area contributed by atoms with Gasteiger partial charge in [-0.2, -0.15) is 13.2 Å². The van der Waals surface area contributed by atoms with Crippen molar-refractivity contribution in [3.05, 3.63) is 33.9 Å². The first-order valence-corrected chi connectivity index (χ1v) is 3.50. The van der Waals surface area contributed by atoms with Gasteiger partial charge in [0.05, 0.1) is 11.0 Å². The van der Waals surface area contributed by atoms with Gasteiger partial charge in [-0.3, -0.25) is 10.1 Å². The molecule has 0 aliphatic carbocycles.